The first kappa shape index (κ1) is 9.05. The molecule has 0 spiro atoms. The predicted molar refractivity (Wildman–Crippen MR) is 54.3 cm³/mol. The summed E-state index contributed by atoms with van der Waals surface area (Å²) in [5, 5.41) is 0. The van der Waals surface area contributed by atoms with Crippen molar-refractivity contribution in [2.75, 3.05) is 0 Å². The zero-order valence-corrected chi connectivity index (χ0v) is 7.72. The van der Waals surface area contributed by atoms with Gasteiger partial charge in [-0.15, -0.1) is 6.58 Å². The highest BCUT2D eigenvalue weighted by Crippen LogP contribution is 2.07. The lowest BCUT2D eigenvalue weighted by molar-refractivity contribution is 0.843. The molecular formula is C12H16. The van der Waals surface area contributed by atoms with Crippen molar-refractivity contribution in [3.8, 4) is 0 Å². The molecule has 0 radical (unpaired) electrons. The van der Waals surface area contributed by atoms with Gasteiger partial charge in [0.25, 0.3) is 0 Å². The van der Waals surface area contributed by atoms with E-state index in [0.29, 0.717) is 0 Å². The molecule has 0 heterocycles. The van der Waals surface area contributed by atoms with Crippen molar-refractivity contribution in [2.24, 2.45) is 0 Å². The molecule has 0 bridgehead atoms. The Labute approximate surface area is 74.9 Å². The van der Waals surface area contributed by atoms with Gasteiger partial charge in [-0.05, 0) is 31.7 Å². The number of rotatable bonds is 4. The maximum Gasteiger partial charge on any atom is -0.0276 e. The maximum atomic E-state index is 3.71. The Balaban J connectivity index is 2.46. The van der Waals surface area contributed by atoms with Gasteiger partial charge in [0.2, 0.25) is 0 Å². The summed E-state index contributed by atoms with van der Waals surface area (Å²) in [5.41, 5.74) is 2.79. The Kier molecular flexibility index (Phi) is 3.59. The standard InChI is InChI=1S/C12H16/c1-3-4-5-8-12-9-6-7-11(2)10-12/h3,6-7,9-10H,1,4-5,8H2,2H3. The monoisotopic (exact) mass is 160 g/mol. The maximum absolute atomic E-state index is 3.71. The molecule has 0 aliphatic rings. The second-order valence-corrected chi connectivity index (χ2v) is 3.17. The van der Waals surface area contributed by atoms with Crippen molar-refractivity contribution >= 4 is 0 Å². The second kappa shape index (κ2) is 4.76. The van der Waals surface area contributed by atoms with Crippen molar-refractivity contribution in [1.29, 1.82) is 0 Å². The lowest BCUT2D eigenvalue weighted by atomic mass is 10.1. The van der Waals surface area contributed by atoms with E-state index in [-0.39, 0.29) is 0 Å². The van der Waals surface area contributed by atoms with Crippen LogP contribution in [0.2, 0.25) is 0 Å². The SMILES string of the molecule is C=CCCCc1cccc(C)c1. The van der Waals surface area contributed by atoms with Crippen LogP contribution in [0.25, 0.3) is 0 Å². The lowest BCUT2D eigenvalue weighted by Crippen LogP contribution is -1.84. The number of unbranched alkanes of at least 4 members (excludes halogenated alkanes) is 1. The first-order valence-electron chi connectivity index (χ1n) is 4.49. The molecule has 0 saturated carbocycles. The minimum absolute atomic E-state index is 1.12. The third-order valence-corrected chi connectivity index (χ3v) is 1.96. The van der Waals surface area contributed by atoms with Gasteiger partial charge in [0.05, 0.1) is 0 Å². The molecule has 1 aromatic carbocycles. The van der Waals surface area contributed by atoms with Crippen LogP contribution >= 0.6 is 0 Å². The zero-order valence-electron chi connectivity index (χ0n) is 7.72. The van der Waals surface area contributed by atoms with Gasteiger partial charge in [-0.25, -0.2) is 0 Å². The van der Waals surface area contributed by atoms with Crippen LogP contribution in [-0.4, -0.2) is 0 Å². The van der Waals surface area contributed by atoms with Crippen LogP contribution < -0.4 is 0 Å². The molecule has 1 aromatic rings. The minimum atomic E-state index is 1.12. The van der Waals surface area contributed by atoms with Crippen LogP contribution in [0.3, 0.4) is 0 Å². The van der Waals surface area contributed by atoms with E-state index in [1.165, 1.54) is 24.0 Å². The van der Waals surface area contributed by atoms with E-state index >= 15 is 0 Å². The molecule has 0 nitrogen and oxygen atoms in total. The molecule has 0 aliphatic heterocycles. The Morgan fingerprint density at radius 3 is 2.92 bits per heavy atom. The van der Waals surface area contributed by atoms with Crippen LogP contribution in [0.5, 0.6) is 0 Å². The van der Waals surface area contributed by atoms with Crippen LogP contribution in [0.15, 0.2) is 36.9 Å². The normalized spacial score (nSPS) is 9.75. The summed E-state index contributed by atoms with van der Waals surface area (Å²) in [6.45, 7) is 5.85. The van der Waals surface area contributed by atoms with Gasteiger partial charge in [0.1, 0.15) is 0 Å². The summed E-state index contributed by atoms with van der Waals surface area (Å²) in [6.07, 6.45) is 5.49. The van der Waals surface area contributed by atoms with Crippen molar-refractivity contribution in [3.05, 3.63) is 48.0 Å². The van der Waals surface area contributed by atoms with Crippen molar-refractivity contribution in [1.82, 2.24) is 0 Å². The zero-order chi connectivity index (χ0) is 8.81. The van der Waals surface area contributed by atoms with Gasteiger partial charge < -0.3 is 0 Å². The molecule has 0 saturated heterocycles. The van der Waals surface area contributed by atoms with Gasteiger partial charge >= 0.3 is 0 Å². The molecule has 0 N–H and O–H groups in total. The molecule has 0 unspecified atom stereocenters. The van der Waals surface area contributed by atoms with Gasteiger partial charge in [-0.3, -0.25) is 0 Å². The number of hydrogen-bond donors (Lipinski definition) is 0. The Bertz CT molecular complexity index is 248. The summed E-state index contributed by atoms with van der Waals surface area (Å²) < 4.78 is 0. The number of allylic oxidation sites excluding steroid dienone is 1. The number of benzene rings is 1. The Morgan fingerprint density at radius 2 is 2.25 bits per heavy atom. The average Bonchev–Trinajstić information content (AvgIpc) is 2.05. The lowest BCUT2D eigenvalue weighted by Gasteiger charge is -2.00. The van der Waals surface area contributed by atoms with E-state index in [4.69, 9.17) is 0 Å². The first-order valence-corrected chi connectivity index (χ1v) is 4.49. The summed E-state index contributed by atoms with van der Waals surface area (Å²) in [4.78, 5) is 0. The summed E-state index contributed by atoms with van der Waals surface area (Å²) >= 11 is 0. The van der Waals surface area contributed by atoms with Crippen LogP contribution in [-0.2, 0) is 6.42 Å². The molecule has 0 aliphatic carbocycles. The highest BCUT2D eigenvalue weighted by molar-refractivity contribution is 5.22. The molecule has 0 atom stereocenters. The van der Waals surface area contributed by atoms with Gasteiger partial charge in [0, 0.05) is 0 Å². The summed E-state index contributed by atoms with van der Waals surface area (Å²) in [7, 11) is 0. The highest BCUT2D eigenvalue weighted by atomic mass is 14.0. The quantitative estimate of drug-likeness (QED) is 0.467. The molecule has 1 rings (SSSR count). The van der Waals surface area contributed by atoms with Crippen molar-refractivity contribution in [3.63, 3.8) is 0 Å². The topological polar surface area (TPSA) is 0 Å². The molecular weight excluding hydrogens is 144 g/mol. The minimum Gasteiger partial charge on any atom is -0.103 e. The summed E-state index contributed by atoms with van der Waals surface area (Å²) in [5.74, 6) is 0. The molecule has 0 aromatic heterocycles. The average molecular weight is 160 g/mol. The van der Waals surface area contributed by atoms with Crippen LogP contribution in [0.4, 0.5) is 0 Å². The van der Waals surface area contributed by atoms with E-state index < -0.39 is 0 Å². The second-order valence-electron chi connectivity index (χ2n) is 3.17. The largest absolute Gasteiger partial charge is 0.103 e. The smallest absolute Gasteiger partial charge is 0.0276 e. The van der Waals surface area contributed by atoms with Crippen molar-refractivity contribution in [2.45, 2.75) is 26.2 Å². The van der Waals surface area contributed by atoms with Gasteiger partial charge in [0.15, 0.2) is 0 Å². The van der Waals surface area contributed by atoms with Gasteiger partial charge in [-0.2, -0.15) is 0 Å². The summed E-state index contributed by atoms with van der Waals surface area (Å²) in [6, 6.07) is 8.70. The number of hydrogen-bond acceptors (Lipinski definition) is 0. The third-order valence-electron chi connectivity index (χ3n) is 1.96. The molecule has 0 amide bonds. The number of aryl methyl sites for hydroxylation is 2. The molecule has 64 valence electrons. The van der Waals surface area contributed by atoms with Crippen molar-refractivity contribution < 1.29 is 0 Å². The van der Waals surface area contributed by atoms with Crippen LogP contribution in [0, 0.1) is 6.92 Å². The molecule has 12 heavy (non-hydrogen) atoms. The third kappa shape index (κ3) is 2.91. The van der Waals surface area contributed by atoms with E-state index in [2.05, 4.69) is 37.8 Å². The Hall–Kier alpha value is -1.04. The van der Waals surface area contributed by atoms with E-state index in [1.54, 1.807) is 0 Å². The van der Waals surface area contributed by atoms with E-state index in [9.17, 15) is 0 Å². The fourth-order valence-corrected chi connectivity index (χ4v) is 1.32. The fourth-order valence-electron chi connectivity index (χ4n) is 1.32. The first-order chi connectivity index (χ1) is 5.83. The van der Waals surface area contributed by atoms with Gasteiger partial charge in [-0.1, -0.05) is 35.9 Å². The van der Waals surface area contributed by atoms with E-state index in [1.807, 2.05) is 6.08 Å². The van der Waals surface area contributed by atoms with Crippen LogP contribution in [0.1, 0.15) is 24.0 Å². The predicted octanol–water partition coefficient (Wildman–Crippen LogP) is 3.50. The van der Waals surface area contributed by atoms with E-state index in [0.717, 1.165) is 6.42 Å². The molecule has 0 fully saturated rings. The fraction of sp³-hybridized carbons (Fsp3) is 0.333. The molecule has 0 heteroatoms. The highest BCUT2D eigenvalue weighted by Gasteiger charge is 1.91. The Morgan fingerprint density at radius 1 is 1.42 bits per heavy atom.